The Morgan fingerprint density at radius 3 is 2.45 bits per heavy atom. The second-order valence-electron chi connectivity index (χ2n) is 12.9. The van der Waals surface area contributed by atoms with Gasteiger partial charge in [-0.3, -0.25) is 9.52 Å². The van der Waals surface area contributed by atoms with Gasteiger partial charge < -0.3 is 34.3 Å². The van der Waals surface area contributed by atoms with Crippen LogP contribution in [0.4, 0.5) is 29.3 Å². The molecule has 0 bridgehead atoms. The van der Waals surface area contributed by atoms with Crippen LogP contribution in [0.2, 0.25) is 0 Å². The number of carbonyl (C=O) groups is 2. The number of fused-ring (bicyclic) bond motifs is 1. The average Bonchev–Trinajstić information content (AvgIpc) is 3.53. The van der Waals surface area contributed by atoms with E-state index in [4.69, 9.17) is 9.47 Å². The summed E-state index contributed by atoms with van der Waals surface area (Å²) in [5.41, 5.74) is -0.461. The molecule has 0 fully saturated rings. The van der Waals surface area contributed by atoms with Crippen LogP contribution in [0.15, 0.2) is 60.0 Å². The van der Waals surface area contributed by atoms with Crippen LogP contribution in [-0.2, 0) is 28.0 Å². The Bertz CT molecular complexity index is 1750. The molecular weight excluding hydrogens is 693 g/mol. The van der Waals surface area contributed by atoms with E-state index in [9.17, 15) is 36.3 Å². The predicted molar refractivity (Wildman–Crippen MR) is 184 cm³/mol. The molecule has 4 rings (SSSR count). The first-order chi connectivity index (χ1) is 24.0. The van der Waals surface area contributed by atoms with Gasteiger partial charge in [-0.15, -0.1) is 0 Å². The number of nitrogens with zero attached hydrogens (tertiary/aromatic N) is 4. The number of rotatable bonds is 8. The fraction of sp³-hybridized carbons (Fsp3) is 0.500. The first-order valence-electron chi connectivity index (χ1n) is 16.5. The molecule has 280 valence electrons. The van der Waals surface area contributed by atoms with Crippen molar-refractivity contribution in [3.63, 3.8) is 0 Å². The summed E-state index contributed by atoms with van der Waals surface area (Å²) in [6.07, 6.45) is -0.673. The van der Waals surface area contributed by atoms with E-state index in [0.717, 1.165) is 18.6 Å². The quantitative estimate of drug-likeness (QED) is 0.285. The van der Waals surface area contributed by atoms with E-state index in [1.165, 1.54) is 64.3 Å². The van der Waals surface area contributed by atoms with Crippen molar-refractivity contribution in [1.82, 2.24) is 19.4 Å². The van der Waals surface area contributed by atoms with E-state index < -0.39 is 45.8 Å². The smallest absolute Gasteiger partial charge is 0.416 e. The number of nitrogens with one attached hydrogen (secondary N) is 2. The zero-order valence-electron chi connectivity index (χ0n) is 29.2. The van der Waals surface area contributed by atoms with Crippen LogP contribution in [0.5, 0.6) is 5.75 Å². The minimum Gasteiger partial charge on any atom is -0.490 e. The van der Waals surface area contributed by atoms with Crippen molar-refractivity contribution in [2.75, 3.05) is 43.4 Å². The van der Waals surface area contributed by atoms with Gasteiger partial charge in [-0.25, -0.2) is 9.78 Å². The number of likely N-dealkylation sites (N-methyl/N-ethyl adjacent to an activating group) is 1. The van der Waals surface area contributed by atoms with Crippen molar-refractivity contribution >= 4 is 33.3 Å². The maximum Gasteiger partial charge on any atom is 0.416 e. The summed E-state index contributed by atoms with van der Waals surface area (Å²) in [6.45, 7) is 5.52. The average molecular weight is 739 g/mol. The number of hydrogen-bond donors (Lipinski definition) is 3. The van der Waals surface area contributed by atoms with Gasteiger partial charge >= 0.3 is 12.2 Å². The Kier molecular flexibility index (Phi) is 13.0. The molecule has 3 N–H and O–H groups in total. The molecule has 4 atom stereocenters. The minimum atomic E-state index is -4.51. The van der Waals surface area contributed by atoms with Gasteiger partial charge in [-0.1, -0.05) is 6.92 Å². The van der Waals surface area contributed by atoms with E-state index >= 15 is 0 Å². The third-order valence-corrected chi connectivity index (χ3v) is 9.79. The normalized spacial score (nSPS) is 20.1. The number of halogens is 3. The lowest BCUT2D eigenvalue weighted by molar-refractivity contribution is -0.137. The number of anilines is 2. The highest BCUT2D eigenvalue weighted by Gasteiger charge is 2.32. The van der Waals surface area contributed by atoms with Crippen molar-refractivity contribution in [3.8, 4) is 5.75 Å². The zero-order valence-corrected chi connectivity index (χ0v) is 30.0. The molecule has 3 aromatic rings. The van der Waals surface area contributed by atoms with Crippen molar-refractivity contribution in [2.24, 2.45) is 13.0 Å². The molecule has 13 nitrogen and oxygen atoms in total. The maximum absolute atomic E-state index is 14.3. The largest absolute Gasteiger partial charge is 0.490 e. The fourth-order valence-electron chi connectivity index (χ4n) is 5.50. The van der Waals surface area contributed by atoms with E-state index in [1.54, 1.807) is 14.0 Å². The van der Waals surface area contributed by atoms with Crippen molar-refractivity contribution in [1.29, 1.82) is 0 Å². The van der Waals surface area contributed by atoms with Gasteiger partial charge in [0, 0.05) is 57.3 Å². The third kappa shape index (κ3) is 10.6. The second-order valence-corrected chi connectivity index (χ2v) is 14.5. The van der Waals surface area contributed by atoms with Gasteiger partial charge in [0.2, 0.25) is 0 Å². The van der Waals surface area contributed by atoms with Crippen molar-refractivity contribution in [2.45, 2.75) is 69.5 Å². The number of sulfonamides is 1. The standard InChI is InChI=1S/C34H45F3N6O7S/c1-22-17-43(23(2)20-44)32(45)28-16-27(40-51(47,48)31-19-41(4)21-38-31)13-14-29(28)50-24(3)8-6-7-15-49-30(22)18-42(5)33(46)39-26-11-9-25(10-12-26)34(35,36)37/h9-14,16,19,21-24,30,40,44H,6-8,15,17-18,20H2,1-5H3,(H,39,46)/t22-,23-,24+,30+/m0/s1. The Hall–Kier alpha value is -4.35. The molecule has 2 heterocycles. The number of benzene rings is 2. The second kappa shape index (κ2) is 16.8. The monoisotopic (exact) mass is 738 g/mol. The molecule has 1 aromatic heterocycles. The summed E-state index contributed by atoms with van der Waals surface area (Å²) in [5, 5.41) is 12.6. The van der Waals surface area contributed by atoms with Crippen LogP contribution in [0.1, 0.15) is 56.0 Å². The van der Waals surface area contributed by atoms with Crippen LogP contribution in [0.3, 0.4) is 0 Å². The number of alkyl halides is 3. The van der Waals surface area contributed by atoms with Crippen molar-refractivity contribution in [3.05, 3.63) is 66.1 Å². The van der Waals surface area contributed by atoms with E-state index in [0.29, 0.717) is 19.4 Å². The lowest BCUT2D eigenvalue weighted by Crippen LogP contribution is -2.48. The lowest BCUT2D eigenvalue weighted by Gasteiger charge is -2.35. The number of imidazole rings is 1. The Morgan fingerprint density at radius 1 is 1.14 bits per heavy atom. The molecule has 1 aliphatic heterocycles. The van der Waals surface area contributed by atoms with E-state index in [-0.39, 0.29) is 59.4 Å². The van der Waals surface area contributed by atoms with Gasteiger partial charge in [-0.2, -0.15) is 21.6 Å². The van der Waals surface area contributed by atoms with Gasteiger partial charge in [0.15, 0.2) is 5.03 Å². The highest BCUT2D eigenvalue weighted by molar-refractivity contribution is 7.92. The Labute approximate surface area is 295 Å². The lowest BCUT2D eigenvalue weighted by atomic mass is 10.0. The highest BCUT2D eigenvalue weighted by atomic mass is 32.2. The van der Waals surface area contributed by atoms with Crippen LogP contribution in [0.25, 0.3) is 0 Å². The van der Waals surface area contributed by atoms with Crippen LogP contribution in [0, 0.1) is 5.92 Å². The minimum absolute atomic E-state index is 0.0816. The molecule has 0 aliphatic carbocycles. The molecule has 3 amide bonds. The van der Waals surface area contributed by atoms with Crippen LogP contribution in [-0.4, -0.2) is 96.4 Å². The SMILES string of the molecule is C[C@@H]1CCCCO[C@H](CN(C)C(=O)Nc2ccc(C(F)(F)F)cc2)[C@@H](C)CN([C@@H](C)CO)C(=O)c2cc(NS(=O)(=O)c3cn(C)cn3)ccc2O1. The number of hydrogen-bond acceptors (Lipinski definition) is 8. The summed E-state index contributed by atoms with van der Waals surface area (Å²) in [4.78, 5) is 34.1. The van der Waals surface area contributed by atoms with E-state index in [1.807, 2.05) is 13.8 Å². The number of urea groups is 1. The van der Waals surface area contributed by atoms with Crippen LogP contribution >= 0.6 is 0 Å². The predicted octanol–water partition coefficient (Wildman–Crippen LogP) is 5.20. The molecule has 0 radical (unpaired) electrons. The van der Waals surface area contributed by atoms with Gasteiger partial charge in [0.1, 0.15) is 5.75 Å². The molecular formula is C34H45F3N6O7S. The zero-order chi connectivity index (χ0) is 37.5. The number of aryl methyl sites for hydroxylation is 1. The molecule has 0 saturated carbocycles. The Balaban J connectivity index is 1.59. The van der Waals surface area contributed by atoms with E-state index in [2.05, 4.69) is 15.0 Å². The number of ether oxygens (including phenoxy) is 2. The summed E-state index contributed by atoms with van der Waals surface area (Å²) in [7, 11) is -0.912. The summed E-state index contributed by atoms with van der Waals surface area (Å²) in [6, 6.07) is 7.30. The molecule has 2 aromatic carbocycles. The molecule has 0 saturated heterocycles. The molecule has 1 aliphatic rings. The number of aliphatic hydroxyl groups excluding tert-OH is 1. The first kappa shape index (κ1) is 39.4. The van der Waals surface area contributed by atoms with Gasteiger partial charge in [-0.05, 0) is 75.6 Å². The Morgan fingerprint density at radius 2 is 1.82 bits per heavy atom. The van der Waals surface area contributed by atoms with Crippen LogP contribution < -0.4 is 14.8 Å². The number of aromatic nitrogens is 2. The van der Waals surface area contributed by atoms with Gasteiger partial charge in [0.25, 0.3) is 15.9 Å². The molecule has 0 spiro atoms. The first-order valence-corrected chi connectivity index (χ1v) is 18.0. The molecule has 17 heteroatoms. The highest BCUT2D eigenvalue weighted by Crippen LogP contribution is 2.31. The number of aliphatic hydroxyl groups is 1. The molecule has 0 unspecified atom stereocenters. The summed E-state index contributed by atoms with van der Waals surface area (Å²) >= 11 is 0. The fourth-order valence-corrected chi connectivity index (χ4v) is 6.53. The van der Waals surface area contributed by atoms with Crippen molar-refractivity contribution < 1.29 is 45.8 Å². The third-order valence-electron chi connectivity index (χ3n) is 8.52. The topological polar surface area (TPSA) is 155 Å². The molecule has 51 heavy (non-hydrogen) atoms. The number of amides is 3. The van der Waals surface area contributed by atoms with Gasteiger partial charge in [0.05, 0.1) is 42.3 Å². The maximum atomic E-state index is 14.3. The summed E-state index contributed by atoms with van der Waals surface area (Å²) in [5.74, 6) is -0.657. The number of carbonyl (C=O) groups excluding carboxylic acids is 2. The summed E-state index contributed by atoms with van der Waals surface area (Å²) < 4.78 is 81.5.